The van der Waals surface area contributed by atoms with Gasteiger partial charge in [0.05, 0.1) is 19.4 Å². The van der Waals surface area contributed by atoms with E-state index in [0.717, 1.165) is 55.7 Å². The highest BCUT2D eigenvalue weighted by Crippen LogP contribution is 2.23. The third-order valence-corrected chi connectivity index (χ3v) is 7.54. The van der Waals surface area contributed by atoms with Crippen LogP contribution in [0.15, 0.2) is 47.6 Å². The number of fused-ring (bicyclic) bond motifs is 1. The van der Waals surface area contributed by atoms with E-state index in [-0.39, 0.29) is 11.9 Å². The van der Waals surface area contributed by atoms with Gasteiger partial charge in [0.25, 0.3) is 5.91 Å². The molecular formula is C32H44N4O3. The van der Waals surface area contributed by atoms with Gasteiger partial charge in [-0.05, 0) is 73.1 Å². The maximum absolute atomic E-state index is 12.9. The Morgan fingerprint density at radius 1 is 0.923 bits per heavy atom. The van der Waals surface area contributed by atoms with Crippen LogP contribution in [0.1, 0.15) is 91.8 Å². The summed E-state index contributed by atoms with van der Waals surface area (Å²) in [7, 11) is 0. The lowest BCUT2D eigenvalue weighted by Crippen LogP contribution is -2.35. The van der Waals surface area contributed by atoms with Crippen molar-refractivity contribution in [2.45, 2.75) is 77.7 Å². The molecule has 39 heavy (non-hydrogen) atoms. The summed E-state index contributed by atoms with van der Waals surface area (Å²) >= 11 is 0. The minimum absolute atomic E-state index is 0.139. The highest BCUT2D eigenvalue weighted by atomic mass is 16.5. The molecule has 7 nitrogen and oxygen atoms in total. The number of esters is 1. The van der Waals surface area contributed by atoms with Crippen molar-refractivity contribution in [2.75, 3.05) is 38.1 Å². The van der Waals surface area contributed by atoms with Gasteiger partial charge in [-0.2, -0.15) is 5.10 Å². The fourth-order valence-electron chi connectivity index (χ4n) is 5.19. The number of rotatable bonds is 13. The largest absolute Gasteiger partial charge is 0.465 e. The number of hydrazone groups is 1. The number of nitrogens with one attached hydrogen (secondary N) is 1. The number of anilines is 1. The molecule has 0 spiro atoms. The number of ether oxygens (including phenoxy) is 1. The Labute approximate surface area is 233 Å². The first kappa shape index (κ1) is 28.8. The molecule has 0 radical (unpaired) electrons. The lowest BCUT2D eigenvalue weighted by molar-refractivity contribution is -0.145. The van der Waals surface area contributed by atoms with E-state index < -0.39 is 0 Å². The number of unbranched alkanes of at least 4 members (excludes halogenated alkanes) is 5. The van der Waals surface area contributed by atoms with Crippen molar-refractivity contribution in [2.24, 2.45) is 5.10 Å². The summed E-state index contributed by atoms with van der Waals surface area (Å²) in [5, 5.41) is 9.71. The molecule has 2 aromatic carbocycles. The van der Waals surface area contributed by atoms with Crippen LogP contribution in [0, 0.1) is 0 Å². The summed E-state index contributed by atoms with van der Waals surface area (Å²) in [6.45, 7) is 6.56. The van der Waals surface area contributed by atoms with E-state index in [1.165, 1.54) is 50.5 Å². The van der Waals surface area contributed by atoms with Gasteiger partial charge >= 0.3 is 5.97 Å². The topological polar surface area (TPSA) is 74.2 Å². The molecular weight excluding hydrogens is 488 g/mol. The van der Waals surface area contributed by atoms with Crippen molar-refractivity contribution in [3.8, 4) is 0 Å². The minimum Gasteiger partial charge on any atom is -0.465 e. The number of amides is 1. The van der Waals surface area contributed by atoms with Gasteiger partial charge in [-0.1, -0.05) is 57.2 Å². The highest BCUT2D eigenvalue weighted by molar-refractivity contribution is 6.04. The molecule has 2 aliphatic rings. The van der Waals surface area contributed by atoms with Gasteiger partial charge in [-0.15, -0.1) is 0 Å². The van der Waals surface area contributed by atoms with E-state index in [1.807, 2.05) is 42.6 Å². The van der Waals surface area contributed by atoms with E-state index >= 15 is 0 Å². The molecule has 7 heteroatoms. The number of nitrogens with zero attached hydrogens (tertiary/aromatic N) is 3. The van der Waals surface area contributed by atoms with Gasteiger partial charge in [-0.25, -0.2) is 0 Å². The molecule has 1 saturated heterocycles. The molecule has 2 heterocycles. The Kier molecular flexibility index (Phi) is 11.4. The minimum atomic E-state index is -0.152. The second-order valence-corrected chi connectivity index (χ2v) is 10.8. The number of piperidine rings is 1. The van der Waals surface area contributed by atoms with E-state index in [9.17, 15) is 9.59 Å². The van der Waals surface area contributed by atoms with Crippen molar-refractivity contribution in [3.05, 3.63) is 64.7 Å². The van der Waals surface area contributed by atoms with Crippen LogP contribution in [0.5, 0.6) is 0 Å². The molecule has 4 rings (SSSR count). The molecule has 0 aliphatic carbocycles. The Hall–Kier alpha value is -3.19. The first-order valence-corrected chi connectivity index (χ1v) is 14.8. The Balaban J connectivity index is 1.23. The Morgan fingerprint density at radius 2 is 1.69 bits per heavy atom. The molecule has 1 amide bonds. The lowest BCUT2D eigenvalue weighted by atomic mass is 9.99. The number of hydrogen-bond acceptors (Lipinski definition) is 6. The average Bonchev–Trinajstić information content (AvgIpc) is 2.96. The van der Waals surface area contributed by atoms with Crippen LogP contribution >= 0.6 is 0 Å². The molecule has 0 bridgehead atoms. The fraction of sp³-hybridized carbons (Fsp3) is 0.531. The Morgan fingerprint density at radius 3 is 2.49 bits per heavy atom. The number of hydrogen-bond donors (Lipinski definition) is 1. The van der Waals surface area contributed by atoms with Crippen LogP contribution in [-0.4, -0.2) is 60.8 Å². The number of benzene rings is 2. The van der Waals surface area contributed by atoms with Crippen molar-refractivity contribution < 1.29 is 14.3 Å². The summed E-state index contributed by atoms with van der Waals surface area (Å²) in [6, 6.07) is 13.6. The number of carbonyl (C=O) groups excluding carboxylic acids is 2. The zero-order chi connectivity index (χ0) is 27.3. The molecule has 1 N–H and O–H groups in total. The third-order valence-electron chi connectivity index (χ3n) is 7.54. The monoisotopic (exact) mass is 532 g/mol. The average molecular weight is 533 g/mol. The fourth-order valence-corrected chi connectivity index (χ4v) is 5.19. The third kappa shape index (κ3) is 9.50. The maximum Gasteiger partial charge on any atom is 0.320 e. The second-order valence-electron chi connectivity index (χ2n) is 10.8. The zero-order valence-electron chi connectivity index (χ0n) is 23.5. The van der Waals surface area contributed by atoms with Gasteiger partial charge in [-0.3, -0.25) is 19.5 Å². The molecule has 1 fully saturated rings. The summed E-state index contributed by atoms with van der Waals surface area (Å²) in [6.07, 6.45) is 13.5. The summed E-state index contributed by atoms with van der Waals surface area (Å²) in [5.74, 6) is -0.290. The molecule has 0 saturated carbocycles. The Bertz CT molecular complexity index is 1090. The number of carbonyl (C=O) groups is 2. The molecule has 0 unspecified atom stereocenters. The molecule has 0 aromatic heterocycles. The van der Waals surface area contributed by atoms with Crippen molar-refractivity contribution in [3.63, 3.8) is 0 Å². The molecule has 210 valence electrons. The zero-order valence-corrected chi connectivity index (χ0v) is 23.5. The lowest BCUT2D eigenvalue weighted by Gasteiger charge is -2.28. The quantitative estimate of drug-likeness (QED) is 0.194. The summed E-state index contributed by atoms with van der Waals surface area (Å²) < 4.78 is 5.47. The van der Waals surface area contributed by atoms with Crippen LogP contribution in [0.25, 0.3) is 0 Å². The molecule has 2 aromatic rings. The first-order chi connectivity index (χ1) is 19.1. The predicted molar refractivity (Wildman–Crippen MR) is 157 cm³/mol. The summed E-state index contributed by atoms with van der Waals surface area (Å²) in [4.78, 5) is 27.4. The maximum atomic E-state index is 12.9. The van der Waals surface area contributed by atoms with Crippen molar-refractivity contribution in [1.29, 1.82) is 0 Å². The van der Waals surface area contributed by atoms with Gasteiger partial charge in [0.1, 0.15) is 0 Å². The predicted octanol–water partition coefficient (Wildman–Crippen LogP) is 6.02. The smallest absolute Gasteiger partial charge is 0.320 e. The summed E-state index contributed by atoms with van der Waals surface area (Å²) in [5.41, 5.74) is 4.77. The standard InChI is InChI=1S/C32H44N4O3/c1-2-3-4-5-6-10-21-39-31(37)25-35-20-17-27-15-16-30(22-29(27)24-35)34-32(38)28-13-11-26(12-14-28)23-33-36-18-8-7-9-19-36/h11-16,22-23H,2-10,17-21,24-25H2,1H3,(H,34,38)/b33-23+. The highest BCUT2D eigenvalue weighted by Gasteiger charge is 2.20. The van der Waals surface area contributed by atoms with Crippen molar-refractivity contribution >= 4 is 23.8 Å². The van der Waals surface area contributed by atoms with Crippen LogP contribution < -0.4 is 5.32 Å². The van der Waals surface area contributed by atoms with E-state index in [4.69, 9.17) is 4.74 Å². The van der Waals surface area contributed by atoms with Crippen LogP contribution in [0.2, 0.25) is 0 Å². The van der Waals surface area contributed by atoms with Gasteiger partial charge < -0.3 is 10.1 Å². The van der Waals surface area contributed by atoms with Gasteiger partial charge in [0.2, 0.25) is 0 Å². The first-order valence-electron chi connectivity index (χ1n) is 14.8. The van der Waals surface area contributed by atoms with Crippen LogP contribution in [0.4, 0.5) is 5.69 Å². The molecule has 0 atom stereocenters. The normalized spacial score (nSPS) is 15.8. The van der Waals surface area contributed by atoms with Crippen molar-refractivity contribution in [1.82, 2.24) is 9.91 Å². The van der Waals surface area contributed by atoms with E-state index in [1.54, 1.807) is 0 Å². The van der Waals surface area contributed by atoms with Gasteiger partial charge in [0, 0.05) is 37.4 Å². The van der Waals surface area contributed by atoms with E-state index in [2.05, 4.69) is 33.3 Å². The van der Waals surface area contributed by atoms with Crippen LogP contribution in [-0.2, 0) is 22.5 Å². The van der Waals surface area contributed by atoms with Crippen LogP contribution in [0.3, 0.4) is 0 Å². The van der Waals surface area contributed by atoms with E-state index in [0.29, 0.717) is 25.3 Å². The SMILES string of the molecule is CCCCCCCCOC(=O)CN1CCc2ccc(NC(=O)c3ccc(/C=N/N4CCCCC4)cc3)cc2C1. The second kappa shape index (κ2) is 15.4. The molecule has 2 aliphatic heterocycles. The van der Waals surface area contributed by atoms with Gasteiger partial charge in [0.15, 0.2) is 0 Å².